The summed E-state index contributed by atoms with van der Waals surface area (Å²) in [6.07, 6.45) is 0. The molecule has 0 bridgehead atoms. The van der Waals surface area contributed by atoms with Crippen LogP contribution in [0.4, 0.5) is 10.1 Å². The number of halogens is 1. The van der Waals surface area contributed by atoms with E-state index in [-0.39, 0.29) is 5.69 Å². The van der Waals surface area contributed by atoms with Crippen LogP contribution in [0.25, 0.3) is 11.1 Å². The summed E-state index contributed by atoms with van der Waals surface area (Å²) in [7, 11) is 0. The maximum Gasteiger partial charge on any atom is 0.146 e. The number of benzene rings is 3. The average Bonchev–Trinajstić information content (AvgIpc) is 2.52. The first-order chi connectivity index (χ1) is 10.2. The van der Waals surface area contributed by atoms with Gasteiger partial charge in [0.05, 0.1) is 5.69 Å². The van der Waals surface area contributed by atoms with E-state index in [1.54, 1.807) is 12.1 Å². The van der Waals surface area contributed by atoms with E-state index >= 15 is 0 Å². The zero-order valence-electron chi connectivity index (χ0n) is 11.3. The van der Waals surface area contributed by atoms with Gasteiger partial charge in [0.1, 0.15) is 17.3 Å². The fraction of sp³-hybridized carbons (Fsp3) is 0. The quantitative estimate of drug-likeness (QED) is 0.694. The summed E-state index contributed by atoms with van der Waals surface area (Å²) in [5.41, 5.74) is 7.47. The van der Waals surface area contributed by atoms with Crippen molar-refractivity contribution in [3.05, 3.63) is 78.6 Å². The Hall–Kier alpha value is -2.81. The van der Waals surface area contributed by atoms with Gasteiger partial charge in [0.25, 0.3) is 0 Å². The molecule has 0 aliphatic carbocycles. The molecule has 0 saturated heterocycles. The molecule has 0 heterocycles. The zero-order valence-corrected chi connectivity index (χ0v) is 11.3. The summed E-state index contributed by atoms with van der Waals surface area (Å²) in [4.78, 5) is 0. The maximum absolute atomic E-state index is 13.5. The average molecular weight is 279 g/mol. The van der Waals surface area contributed by atoms with Crippen molar-refractivity contribution >= 4 is 5.69 Å². The third kappa shape index (κ3) is 2.87. The molecule has 3 heteroatoms. The first-order valence-electron chi connectivity index (χ1n) is 6.61. The topological polar surface area (TPSA) is 35.2 Å². The third-order valence-corrected chi connectivity index (χ3v) is 3.20. The standard InChI is InChI=1S/C18H14FNO/c19-17-8-4-7-16(18(17)20)13-9-11-15(12-10-13)21-14-5-2-1-3-6-14/h1-12H,20H2. The summed E-state index contributed by atoms with van der Waals surface area (Å²) in [5.74, 6) is 1.09. The van der Waals surface area contributed by atoms with Gasteiger partial charge in [-0.05, 0) is 35.9 Å². The molecule has 3 rings (SSSR count). The minimum Gasteiger partial charge on any atom is -0.457 e. The second kappa shape index (κ2) is 5.67. The number of nitrogens with two attached hydrogens (primary N) is 1. The smallest absolute Gasteiger partial charge is 0.146 e. The number of ether oxygens (including phenoxy) is 1. The van der Waals surface area contributed by atoms with Gasteiger partial charge in [-0.15, -0.1) is 0 Å². The van der Waals surface area contributed by atoms with Crippen LogP contribution in [0.2, 0.25) is 0 Å². The summed E-state index contributed by atoms with van der Waals surface area (Å²) >= 11 is 0. The molecule has 0 aromatic heterocycles. The van der Waals surface area contributed by atoms with Crippen molar-refractivity contribution in [2.24, 2.45) is 0 Å². The van der Waals surface area contributed by atoms with Gasteiger partial charge in [-0.1, -0.05) is 42.5 Å². The van der Waals surface area contributed by atoms with Crippen molar-refractivity contribution in [2.45, 2.75) is 0 Å². The predicted octanol–water partition coefficient (Wildman–Crippen LogP) is 4.87. The molecule has 0 aliphatic rings. The van der Waals surface area contributed by atoms with Gasteiger partial charge in [0, 0.05) is 5.56 Å². The Bertz CT molecular complexity index is 739. The SMILES string of the molecule is Nc1c(F)cccc1-c1ccc(Oc2ccccc2)cc1. The van der Waals surface area contributed by atoms with E-state index in [9.17, 15) is 4.39 Å². The minimum atomic E-state index is -0.405. The molecule has 0 atom stereocenters. The zero-order chi connectivity index (χ0) is 14.7. The molecule has 21 heavy (non-hydrogen) atoms. The molecule has 3 aromatic rings. The number of para-hydroxylation sites is 2. The molecular formula is C18H14FNO. The molecule has 0 aliphatic heterocycles. The van der Waals surface area contributed by atoms with Gasteiger partial charge in [-0.2, -0.15) is 0 Å². The number of hydrogen-bond acceptors (Lipinski definition) is 2. The Kier molecular flexibility index (Phi) is 3.56. The maximum atomic E-state index is 13.5. The van der Waals surface area contributed by atoms with E-state index < -0.39 is 5.82 Å². The number of anilines is 1. The molecule has 3 aromatic carbocycles. The van der Waals surface area contributed by atoms with Crippen LogP contribution >= 0.6 is 0 Å². The van der Waals surface area contributed by atoms with Crippen LogP contribution in [0, 0.1) is 5.82 Å². The second-order valence-electron chi connectivity index (χ2n) is 4.64. The first-order valence-corrected chi connectivity index (χ1v) is 6.61. The van der Waals surface area contributed by atoms with Gasteiger partial charge in [0.15, 0.2) is 0 Å². The van der Waals surface area contributed by atoms with Crippen LogP contribution in [0.1, 0.15) is 0 Å². The van der Waals surface area contributed by atoms with Crippen molar-refractivity contribution in [3.8, 4) is 22.6 Å². The fourth-order valence-electron chi connectivity index (χ4n) is 2.12. The van der Waals surface area contributed by atoms with Crippen molar-refractivity contribution in [2.75, 3.05) is 5.73 Å². The van der Waals surface area contributed by atoms with E-state index in [4.69, 9.17) is 10.5 Å². The highest BCUT2D eigenvalue weighted by Gasteiger charge is 2.07. The lowest BCUT2D eigenvalue weighted by molar-refractivity contribution is 0.483. The number of rotatable bonds is 3. The van der Waals surface area contributed by atoms with Crippen LogP contribution < -0.4 is 10.5 Å². The van der Waals surface area contributed by atoms with Crippen molar-refractivity contribution in [3.63, 3.8) is 0 Å². The Morgan fingerprint density at radius 3 is 2.10 bits per heavy atom. The second-order valence-corrected chi connectivity index (χ2v) is 4.64. The van der Waals surface area contributed by atoms with Gasteiger partial charge in [-0.3, -0.25) is 0 Å². The van der Waals surface area contributed by atoms with E-state index in [0.29, 0.717) is 5.56 Å². The molecule has 0 amide bonds. The summed E-state index contributed by atoms with van der Waals surface area (Å²) in [5, 5.41) is 0. The molecule has 2 nitrogen and oxygen atoms in total. The molecular weight excluding hydrogens is 265 g/mol. The summed E-state index contributed by atoms with van der Waals surface area (Å²) in [6.45, 7) is 0. The lowest BCUT2D eigenvalue weighted by atomic mass is 10.0. The summed E-state index contributed by atoms with van der Waals surface area (Å²) in [6, 6.07) is 21.7. The van der Waals surface area contributed by atoms with E-state index in [1.807, 2.05) is 54.6 Å². The third-order valence-electron chi connectivity index (χ3n) is 3.20. The molecule has 104 valence electrons. The van der Waals surface area contributed by atoms with Crippen molar-refractivity contribution < 1.29 is 9.13 Å². The monoisotopic (exact) mass is 279 g/mol. The number of nitrogen functional groups attached to an aromatic ring is 1. The minimum absolute atomic E-state index is 0.161. The Morgan fingerprint density at radius 2 is 1.38 bits per heavy atom. The Morgan fingerprint density at radius 1 is 0.714 bits per heavy atom. The highest BCUT2D eigenvalue weighted by Crippen LogP contribution is 2.30. The van der Waals surface area contributed by atoms with Gasteiger partial charge in [0.2, 0.25) is 0 Å². The van der Waals surface area contributed by atoms with Crippen molar-refractivity contribution in [1.82, 2.24) is 0 Å². The normalized spacial score (nSPS) is 10.3. The van der Waals surface area contributed by atoms with Gasteiger partial charge in [-0.25, -0.2) is 4.39 Å². The summed E-state index contributed by atoms with van der Waals surface area (Å²) < 4.78 is 19.2. The number of hydrogen-bond donors (Lipinski definition) is 1. The van der Waals surface area contributed by atoms with Crippen LogP contribution in [-0.4, -0.2) is 0 Å². The highest BCUT2D eigenvalue weighted by atomic mass is 19.1. The molecule has 0 spiro atoms. The fourth-order valence-corrected chi connectivity index (χ4v) is 2.12. The Labute approximate surface area is 122 Å². The highest BCUT2D eigenvalue weighted by molar-refractivity contribution is 5.76. The molecule has 2 N–H and O–H groups in total. The van der Waals surface area contributed by atoms with Gasteiger partial charge < -0.3 is 10.5 Å². The molecule has 0 fully saturated rings. The molecule has 0 radical (unpaired) electrons. The predicted molar refractivity (Wildman–Crippen MR) is 82.8 cm³/mol. The van der Waals surface area contributed by atoms with Crippen LogP contribution in [0.5, 0.6) is 11.5 Å². The molecule has 0 unspecified atom stereocenters. The lowest BCUT2D eigenvalue weighted by Crippen LogP contribution is -1.94. The van der Waals surface area contributed by atoms with E-state index in [2.05, 4.69) is 0 Å². The largest absolute Gasteiger partial charge is 0.457 e. The van der Waals surface area contributed by atoms with Crippen LogP contribution in [0.15, 0.2) is 72.8 Å². The van der Waals surface area contributed by atoms with Crippen molar-refractivity contribution in [1.29, 1.82) is 0 Å². The Balaban J connectivity index is 1.86. The first kappa shape index (κ1) is 13.2. The van der Waals surface area contributed by atoms with Crippen LogP contribution in [-0.2, 0) is 0 Å². The lowest BCUT2D eigenvalue weighted by Gasteiger charge is -2.09. The van der Waals surface area contributed by atoms with Gasteiger partial charge >= 0.3 is 0 Å². The van der Waals surface area contributed by atoms with E-state index in [1.165, 1.54) is 6.07 Å². The van der Waals surface area contributed by atoms with E-state index in [0.717, 1.165) is 17.1 Å². The van der Waals surface area contributed by atoms with Crippen LogP contribution in [0.3, 0.4) is 0 Å². The molecule has 0 saturated carbocycles.